The van der Waals surface area contributed by atoms with Crippen LogP contribution in [0.3, 0.4) is 0 Å². The van der Waals surface area contributed by atoms with E-state index in [4.69, 9.17) is 14.2 Å². The van der Waals surface area contributed by atoms with Crippen LogP contribution in [-0.2, 0) is 19.0 Å². The predicted octanol–water partition coefficient (Wildman–Crippen LogP) is 3.35. The van der Waals surface area contributed by atoms with Gasteiger partial charge in [0, 0.05) is 7.11 Å². The van der Waals surface area contributed by atoms with Gasteiger partial charge in [-0.25, -0.2) is 4.79 Å². The van der Waals surface area contributed by atoms with Gasteiger partial charge in [0.15, 0.2) is 0 Å². The van der Waals surface area contributed by atoms with Crippen LogP contribution in [0, 0.1) is 5.92 Å². The highest BCUT2D eigenvalue weighted by Gasteiger charge is 2.13. The van der Waals surface area contributed by atoms with Crippen molar-refractivity contribution in [3.05, 3.63) is 12.2 Å². The molecule has 0 aliphatic rings. The first kappa shape index (κ1) is 19.1. The highest BCUT2D eigenvalue weighted by molar-refractivity contribution is 5.87. The summed E-state index contributed by atoms with van der Waals surface area (Å²) >= 11 is 0. The lowest BCUT2D eigenvalue weighted by atomic mass is 10.0. The van der Waals surface area contributed by atoms with Crippen molar-refractivity contribution >= 4 is 5.97 Å². The van der Waals surface area contributed by atoms with Gasteiger partial charge in [-0.3, -0.25) is 0 Å². The Labute approximate surface area is 123 Å². The average Bonchev–Trinajstić information content (AvgIpc) is 2.46. The molecular formula is C16H30O4. The molecule has 0 aromatic rings. The first-order valence-corrected chi connectivity index (χ1v) is 7.50. The predicted molar refractivity (Wildman–Crippen MR) is 80.7 cm³/mol. The number of carbonyl (C=O) groups is 1. The van der Waals surface area contributed by atoms with Gasteiger partial charge in [-0.15, -0.1) is 0 Å². The summed E-state index contributed by atoms with van der Waals surface area (Å²) in [5.41, 5.74) is 0.360. The highest BCUT2D eigenvalue weighted by atomic mass is 16.5. The smallest absolute Gasteiger partial charge is 0.335 e. The Hall–Kier alpha value is -0.870. The summed E-state index contributed by atoms with van der Waals surface area (Å²) in [5.74, 6) is 0.0890. The summed E-state index contributed by atoms with van der Waals surface area (Å²) < 4.78 is 15.7. The molecule has 0 aromatic carbocycles. The third kappa shape index (κ3) is 9.10. The van der Waals surface area contributed by atoms with Crippen LogP contribution in [0.4, 0.5) is 0 Å². The van der Waals surface area contributed by atoms with Crippen LogP contribution >= 0.6 is 0 Å². The van der Waals surface area contributed by atoms with E-state index in [0.29, 0.717) is 24.7 Å². The van der Waals surface area contributed by atoms with Gasteiger partial charge in [-0.1, -0.05) is 39.7 Å². The molecule has 0 fully saturated rings. The molecule has 2 unspecified atom stereocenters. The molecule has 0 bridgehead atoms. The normalized spacial score (nSPS) is 13.8. The van der Waals surface area contributed by atoms with Crippen molar-refractivity contribution in [3.63, 3.8) is 0 Å². The van der Waals surface area contributed by atoms with E-state index in [1.54, 1.807) is 7.11 Å². The van der Waals surface area contributed by atoms with Gasteiger partial charge in [0.05, 0.1) is 31.5 Å². The van der Waals surface area contributed by atoms with Crippen molar-refractivity contribution in [2.24, 2.45) is 5.92 Å². The zero-order valence-corrected chi connectivity index (χ0v) is 13.4. The molecule has 20 heavy (non-hydrogen) atoms. The van der Waals surface area contributed by atoms with Crippen molar-refractivity contribution in [2.75, 3.05) is 26.9 Å². The number of rotatable bonds is 12. The van der Waals surface area contributed by atoms with Crippen LogP contribution in [-0.4, -0.2) is 39.0 Å². The summed E-state index contributed by atoms with van der Waals surface area (Å²) in [7, 11) is 1.62. The Morgan fingerprint density at radius 3 is 2.50 bits per heavy atom. The van der Waals surface area contributed by atoms with Gasteiger partial charge in [0.2, 0.25) is 0 Å². The van der Waals surface area contributed by atoms with Crippen LogP contribution in [0.15, 0.2) is 12.2 Å². The quantitative estimate of drug-likeness (QED) is 0.408. The maximum atomic E-state index is 11.7. The summed E-state index contributed by atoms with van der Waals surface area (Å²) in [6.45, 7) is 11.0. The molecule has 0 aromatic heterocycles. The number of esters is 1. The third-order valence-corrected chi connectivity index (χ3v) is 3.31. The zero-order chi connectivity index (χ0) is 15.4. The van der Waals surface area contributed by atoms with Crippen molar-refractivity contribution < 1.29 is 19.0 Å². The molecule has 0 spiro atoms. The fourth-order valence-corrected chi connectivity index (χ4v) is 1.67. The molecule has 4 nitrogen and oxygen atoms in total. The van der Waals surface area contributed by atoms with E-state index in [1.165, 1.54) is 12.8 Å². The molecule has 0 amide bonds. The van der Waals surface area contributed by atoms with E-state index < -0.39 is 0 Å². The Kier molecular flexibility index (Phi) is 11.4. The molecule has 0 rings (SSSR count). The monoisotopic (exact) mass is 286 g/mol. The number of hydrogen-bond acceptors (Lipinski definition) is 4. The Bertz CT molecular complexity index is 276. The van der Waals surface area contributed by atoms with E-state index in [1.807, 2.05) is 6.92 Å². The molecule has 0 aliphatic carbocycles. The van der Waals surface area contributed by atoms with Crippen LogP contribution < -0.4 is 0 Å². The van der Waals surface area contributed by atoms with E-state index >= 15 is 0 Å². The summed E-state index contributed by atoms with van der Waals surface area (Å²) in [5, 5.41) is 0. The SMILES string of the molecule is C=C(COCC(C)OC)C(=O)OCC(CC)CCCC. The fraction of sp³-hybridized carbons (Fsp3) is 0.812. The molecule has 0 saturated carbocycles. The third-order valence-electron chi connectivity index (χ3n) is 3.31. The lowest BCUT2D eigenvalue weighted by Crippen LogP contribution is -2.19. The molecule has 118 valence electrons. The average molecular weight is 286 g/mol. The van der Waals surface area contributed by atoms with Crippen LogP contribution in [0.25, 0.3) is 0 Å². The van der Waals surface area contributed by atoms with Gasteiger partial charge in [0.1, 0.15) is 0 Å². The first-order valence-electron chi connectivity index (χ1n) is 7.50. The number of unbranched alkanes of at least 4 members (excludes halogenated alkanes) is 1. The Morgan fingerprint density at radius 1 is 1.25 bits per heavy atom. The lowest BCUT2D eigenvalue weighted by molar-refractivity contribution is -0.141. The Balaban J connectivity index is 3.86. The van der Waals surface area contributed by atoms with E-state index in [-0.39, 0.29) is 18.7 Å². The Morgan fingerprint density at radius 2 is 1.95 bits per heavy atom. The largest absolute Gasteiger partial charge is 0.462 e. The fourth-order valence-electron chi connectivity index (χ4n) is 1.67. The molecule has 0 radical (unpaired) electrons. The van der Waals surface area contributed by atoms with Crippen molar-refractivity contribution in [1.82, 2.24) is 0 Å². The van der Waals surface area contributed by atoms with Gasteiger partial charge < -0.3 is 14.2 Å². The van der Waals surface area contributed by atoms with E-state index in [0.717, 1.165) is 12.8 Å². The second-order valence-corrected chi connectivity index (χ2v) is 5.18. The highest BCUT2D eigenvalue weighted by Crippen LogP contribution is 2.13. The van der Waals surface area contributed by atoms with Crippen LogP contribution in [0.5, 0.6) is 0 Å². The molecular weight excluding hydrogens is 256 g/mol. The van der Waals surface area contributed by atoms with Crippen molar-refractivity contribution in [3.8, 4) is 0 Å². The van der Waals surface area contributed by atoms with Gasteiger partial charge in [-0.05, 0) is 19.3 Å². The minimum Gasteiger partial charge on any atom is -0.462 e. The maximum absolute atomic E-state index is 11.7. The second-order valence-electron chi connectivity index (χ2n) is 5.18. The van der Waals surface area contributed by atoms with Gasteiger partial charge in [-0.2, -0.15) is 0 Å². The number of methoxy groups -OCH3 is 1. The summed E-state index contributed by atoms with van der Waals surface area (Å²) in [6.07, 6.45) is 4.49. The van der Waals surface area contributed by atoms with Crippen LogP contribution in [0.1, 0.15) is 46.5 Å². The zero-order valence-electron chi connectivity index (χ0n) is 13.4. The maximum Gasteiger partial charge on any atom is 0.335 e. The minimum atomic E-state index is -0.356. The molecule has 0 saturated heterocycles. The first-order chi connectivity index (χ1) is 9.54. The second kappa shape index (κ2) is 11.9. The van der Waals surface area contributed by atoms with Crippen molar-refractivity contribution in [1.29, 1.82) is 0 Å². The number of carbonyl (C=O) groups excluding carboxylic acids is 1. The molecule has 0 heterocycles. The summed E-state index contributed by atoms with van der Waals surface area (Å²) in [4.78, 5) is 11.7. The minimum absolute atomic E-state index is 0.0114. The standard InChI is InChI=1S/C16H30O4/c1-6-8-9-15(7-2)12-20-16(17)13(3)10-19-11-14(4)18-5/h14-15H,3,6-12H2,1-2,4-5H3. The number of hydrogen-bond donors (Lipinski definition) is 0. The summed E-state index contributed by atoms with van der Waals surface area (Å²) in [6, 6.07) is 0. The molecule has 2 atom stereocenters. The molecule has 0 aliphatic heterocycles. The van der Waals surface area contributed by atoms with E-state index in [2.05, 4.69) is 20.4 Å². The lowest BCUT2D eigenvalue weighted by Gasteiger charge is -2.15. The van der Waals surface area contributed by atoms with Crippen LogP contribution in [0.2, 0.25) is 0 Å². The number of ether oxygens (including phenoxy) is 3. The van der Waals surface area contributed by atoms with Crippen molar-refractivity contribution in [2.45, 2.75) is 52.6 Å². The van der Waals surface area contributed by atoms with Gasteiger partial charge >= 0.3 is 5.97 Å². The van der Waals surface area contributed by atoms with E-state index in [9.17, 15) is 4.79 Å². The molecule has 0 N–H and O–H groups in total. The topological polar surface area (TPSA) is 44.8 Å². The molecule has 4 heteroatoms. The van der Waals surface area contributed by atoms with Gasteiger partial charge in [0.25, 0.3) is 0 Å².